The maximum absolute atomic E-state index is 9.75. The van der Waals surface area contributed by atoms with E-state index in [0.29, 0.717) is 0 Å². The fourth-order valence-electron chi connectivity index (χ4n) is 5.63. The number of benzene rings is 4. The van der Waals surface area contributed by atoms with Crippen LogP contribution in [0.4, 0.5) is 17.3 Å². The molecule has 0 fully saturated rings. The number of hydrogen-bond donors (Lipinski definition) is 0. The molecule has 1 unspecified atom stereocenters. The molecule has 0 amide bonds. The summed E-state index contributed by atoms with van der Waals surface area (Å²) in [6.45, 7) is 6.84. The molecular weight excluding hydrogens is 557 g/mol. The van der Waals surface area contributed by atoms with Crippen LogP contribution in [0.5, 0.6) is 0 Å². The highest BCUT2D eigenvalue weighted by Crippen LogP contribution is 2.47. The van der Waals surface area contributed by atoms with Gasteiger partial charge >= 0.3 is 13.1 Å². The van der Waals surface area contributed by atoms with Crippen LogP contribution >= 0.6 is 0 Å². The number of nitrogens with zero attached hydrogens (tertiary/aromatic N) is 3. The first-order valence-electron chi connectivity index (χ1n) is 13.8. The zero-order valence-corrected chi connectivity index (χ0v) is 24.7. The van der Waals surface area contributed by atoms with Crippen LogP contribution in [0.3, 0.4) is 0 Å². The Bertz CT molecular complexity index is 1580. The summed E-state index contributed by atoms with van der Waals surface area (Å²) < 4.78 is 50.8. The Hall–Kier alpha value is -4.02. The Labute approximate surface area is 244 Å². The first-order chi connectivity index (χ1) is 20.0. The smallest absolute Gasteiger partial charge is 0.418 e. The summed E-state index contributed by atoms with van der Waals surface area (Å²) in [6, 6.07) is 40.5. The SMILES string of the molecule is C[Si](C)(C)OC(c1ccccc1)(c1ccccc1)C1Cc2ccccc2-c2nn(-c3ccccc3)c[n+]21.F[B-](F)(F)F. The molecular formula is C32H32BF4N3OSi. The second-order valence-electron chi connectivity index (χ2n) is 11.2. The van der Waals surface area contributed by atoms with E-state index in [-0.39, 0.29) is 6.04 Å². The maximum Gasteiger partial charge on any atom is 0.673 e. The largest absolute Gasteiger partial charge is 0.673 e. The summed E-state index contributed by atoms with van der Waals surface area (Å²) in [4.78, 5) is 0. The first-order valence-corrected chi connectivity index (χ1v) is 17.2. The zero-order chi connectivity index (χ0) is 30.0. The van der Waals surface area contributed by atoms with Gasteiger partial charge in [-0.25, -0.2) is 4.57 Å². The molecule has 10 heteroatoms. The molecule has 4 nitrogen and oxygen atoms in total. The van der Waals surface area contributed by atoms with Crippen LogP contribution in [0, 0.1) is 0 Å². The molecule has 1 aromatic heterocycles. The summed E-state index contributed by atoms with van der Waals surface area (Å²) in [5.74, 6) is 0.964. The molecule has 42 heavy (non-hydrogen) atoms. The van der Waals surface area contributed by atoms with E-state index in [1.54, 1.807) is 0 Å². The van der Waals surface area contributed by atoms with Crippen molar-refractivity contribution in [2.75, 3.05) is 0 Å². The number of para-hydroxylation sites is 1. The van der Waals surface area contributed by atoms with Gasteiger partial charge in [-0.05, 0) is 54.5 Å². The highest BCUT2D eigenvalue weighted by molar-refractivity contribution is 6.69. The highest BCUT2D eigenvalue weighted by atomic mass is 28.4. The lowest BCUT2D eigenvalue weighted by Crippen LogP contribution is -2.58. The van der Waals surface area contributed by atoms with E-state index in [4.69, 9.17) is 9.52 Å². The van der Waals surface area contributed by atoms with Gasteiger partial charge in [0.2, 0.25) is 6.33 Å². The van der Waals surface area contributed by atoms with Gasteiger partial charge in [0.15, 0.2) is 8.32 Å². The van der Waals surface area contributed by atoms with Gasteiger partial charge < -0.3 is 21.7 Å². The van der Waals surface area contributed by atoms with Gasteiger partial charge in [-0.15, -0.1) is 0 Å². The highest BCUT2D eigenvalue weighted by Gasteiger charge is 2.52. The van der Waals surface area contributed by atoms with Crippen molar-refractivity contribution in [3.05, 3.63) is 138 Å². The van der Waals surface area contributed by atoms with Gasteiger partial charge in [0.05, 0.1) is 10.7 Å². The van der Waals surface area contributed by atoms with Crippen LogP contribution in [-0.4, -0.2) is 25.4 Å². The number of aromatic nitrogens is 3. The summed E-state index contributed by atoms with van der Waals surface area (Å²) in [6.07, 6.45) is 2.99. The standard InChI is InChI=1S/C32H32N3OSi.BF4/c1-37(2,3)36-32(26-16-7-4-8-17-26,27-18-9-5-10-19-27)30-23-25-15-13-14-22-29(25)31-33-35(24-34(30)31)28-20-11-6-12-21-28;2-1(3,4)5/h4-22,24,30H,23H2,1-3H3;/q+1;-1. The van der Waals surface area contributed by atoms with Crippen molar-refractivity contribution in [2.24, 2.45) is 0 Å². The third kappa shape index (κ3) is 6.39. The molecule has 5 aromatic rings. The topological polar surface area (TPSA) is 30.9 Å². The Kier molecular flexibility index (Phi) is 8.21. The van der Waals surface area contributed by atoms with Crippen molar-refractivity contribution >= 4 is 15.6 Å². The minimum atomic E-state index is -6.00. The van der Waals surface area contributed by atoms with Crippen LogP contribution in [0.25, 0.3) is 17.1 Å². The van der Waals surface area contributed by atoms with Crippen LogP contribution in [0.15, 0.2) is 122 Å². The molecule has 1 aliphatic rings. The van der Waals surface area contributed by atoms with Crippen molar-refractivity contribution in [2.45, 2.75) is 37.7 Å². The Morgan fingerprint density at radius 2 is 1.24 bits per heavy atom. The maximum atomic E-state index is 9.75. The van der Waals surface area contributed by atoms with Gasteiger partial charge in [-0.2, -0.15) is 0 Å². The summed E-state index contributed by atoms with van der Waals surface area (Å²) in [5.41, 5.74) is 5.15. The van der Waals surface area contributed by atoms with Gasteiger partial charge in [0, 0.05) is 6.42 Å². The van der Waals surface area contributed by atoms with Crippen molar-refractivity contribution in [1.82, 2.24) is 9.78 Å². The monoisotopic (exact) mass is 589 g/mol. The minimum absolute atomic E-state index is 0.0358. The first kappa shape index (κ1) is 29.5. The molecule has 0 radical (unpaired) electrons. The average molecular weight is 590 g/mol. The number of fused-ring (bicyclic) bond motifs is 3. The summed E-state index contributed by atoms with van der Waals surface area (Å²) >= 11 is 0. The molecule has 1 aliphatic heterocycles. The third-order valence-electron chi connectivity index (χ3n) is 7.05. The van der Waals surface area contributed by atoms with Crippen LogP contribution in [-0.2, 0) is 16.4 Å². The van der Waals surface area contributed by atoms with Crippen molar-refractivity contribution in [3.8, 4) is 17.1 Å². The Morgan fingerprint density at radius 3 is 1.76 bits per heavy atom. The van der Waals surface area contributed by atoms with Gasteiger partial charge in [-0.1, -0.05) is 102 Å². The van der Waals surface area contributed by atoms with E-state index >= 15 is 0 Å². The van der Waals surface area contributed by atoms with E-state index < -0.39 is 21.2 Å². The predicted octanol–water partition coefficient (Wildman–Crippen LogP) is 8.02. The van der Waals surface area contributed by atoms with Gasteiger partial charge in [-0.3, -0.25) is 0 Å². The molecule has 2 heterocycles. The molecule has 1 atom stereocenters. The molecule has 0 aliphatic carbocycles. The summed E-state index contributed by atoms with van der Waals surface area (Å²) in [5, 5.41) is 5.15. The Morgan fingerprint density at radius 1 is 0.762 bits per heavy atom. The number of halogens is 4. The van der Waals surface area contributed by atoms with E-state index in [0.717, 1.165) is 17.9 Å². The number of rotatable bonds is 6. The van der Waals surface area contributed by atoms with Crippen molar-refractivity contribution in [3.63, 3.8) is 0 Å². The summed E-state index contributed by atoms with van der Waals surface area (Å²) in [7, 11) is -8.05. The molecule has 4 aromatic carbocycles. The lowest BCUT2D eigenvalue weighted by Gasteiger charge is -2.45. The molecule has 0 saturated carbocycles. The van der Waals surface area contributed by atoms with Crippen molar-refractivity contribution in [1.29, 1.82) is 0 Å². The quantitative estimate of drug-likeness (QED) is 0.114. The molecule has 0 spiro atoms. The molecule has 6 rings (SSSR count). The van der Waals surface area contributed by atoms with E-state index in [1.807, 2.05) is 10.7 Å². The van der Waals surface area contributed by atoms with E-state index in [9.17, 15) is 17.3 Å². The van der Waals surface area contributed by atoms with Crippen LogP contribution in [0.1, 0.15) is 22.7 Å². The lowest BCUT2D eigenvalue weighted by molar-refractivity contribution is -0.729. The Balaban J connectivity index is 0.000000652. The molecule has 0 bridgehead atoms. The average Bonchev–Trinajstić information content (AvgIpc) is 3.42. The normalized spacial score (nSPS) is 14.8. The van der Waals surface area contributed by atoms with Crippen LogP contribution < -0.4 is 4.57 Å². The van der Waals surface area contributed by atoms with Crippen LogP contribution in [0.2, 0.25) is 19.6 Å². The molecule has 0 N–H and O–H groups in total. The third-order valence-corrected chi connectivity index (χ3v) is 7.98. The second-order valence-corrected chi connectivity index (χ2v) is 15.6. The fraction of sp³-hybridized carbons (Fsp3) is 0.188. The number of hydrogen-bond acceptors (Lipinski definition) is 2. The molecule has 216 valence electrons. The van der Waals surface area contributed by atoms with Crippen molar-refractivity contribution < 1.29 is 26.3 Å². The van der Waals surface area contributed by atoms with Gasteiger partial charge in [0.25, 0.3) is 0 Å². The minimum Gasteiger partial charge on any atom is -0.418 e. The lowest BCUT2D eigenvalue weighted by atomic mass is 9.76. The second kappa shape index (κ2) is 11.7. The fourth-order valence-corrected chi connectivity index (χ4v) is 6.97. The predicted molar refractivity (Wildman–Crippen MR) is 160 cm³/mol. The molecule has 0 saturated heterocycles. The van der Waals surface area contributed by atoms with Gasteiger partial charge in [0.1, 0.15) is 17.3 Å². The van der Waals surface area contributed by atoms with E-state index in [1.165, 1.54) is 22.3 Å². The van der Waals surface area contributed by atoms with E-state index in [2.05, 4.69) is 140 Å². The zero-order valence-electron chi connectivity index (χ0n) is 23.7.